The SMILES string of the molecule is CC1N(C(=O)O)CCC12CN(C(=O)O)C2. The van der Waals surface area contributed by atoms with Gasteiger partial charge in [-0.3, -0.25) is 0 Å². The zero-order chi connectivity index (χ0) is 11.2. The molecule has 2 saturated heterocycles. The van der Waals surface area contributed by atoms with Gasteiger partial charge in [0.1, 0.15) is 0 Å². The zero-order valence-corrected chi connectivity index (χ0v) is 8.51. The van der Waals surface area contributed by atoms with Crippen molar-refractivity contribution in [2.24, 2.45) is 5.41 Å². The topological polar surface area (TPSA) is 81.1 Å². The average molecular weight is 214 g/mol. The van der Waals surface area contributed by atoms with E-state index in [1.165, 1.54) is 9.80 Å². The van der Waals surface area contributed by atoms with Gasteiger partial charge in [-0.15, -0.1) is 0 Å². The Balaban J connectivity index is 2.03. The molecule has 2 amide bonds. The minimum atomic E-state index is -0.915. The van der Waals surface area contributed by atoms with Gasteiger partial charge in [0.05, 0.1) is 0 Å². The molecular weight excluding hydrogens is 200 g/mol. The first-order valence-corrected chi connectivity index (χ1v) is 4.94. The van der Waals surface area contributed by atoms with E-state index < -0.39 is 12.2 Å². The van der Waals surface area contributed by atoms with E-state index in [1.807, 2.05) is 6.92 Å². The highest BCUT2D eigenvalue weighted by Gasteiger charge is 2.55. The lowest BCUT2D eigenvalue weighted by Crippen LogP contribution is -2.62. The quantitative estimate of drug-likeness (QED) is 0.623. The van der Waals surface area contributed by atoms with Gasteiger partial charge >= 0.3 is 12.2 Å². The maximum Gasteiger partial charge on any atom is 0.407 e. The summed E-state index contributed by atoms with van der Waals surface area (Å²) in [6, 6.07) is -0.0781. The van der Waals surface area contributed by atoms with E-state index in [9.17, 15) is 9.59 Å². The van der Waals surface area contributed by atoms with Crippen molar-refractivity contribution >= 4 is 12.2 Å². The van der Waals surface area contributed by atoms with Crippen LogP contribution in [-0.2, 0) is 0 Å². The molecule has 1 atom stereocenters. The Bertz CT molecular complexity index is 311. The van der Waals surface area contributed by atoms with Gasteiger partial charge < -0.3 is 20.0 Å². The fraction of sp³-hybridized carbons (Fsp3) is 0.778. The van der Waals surface area contributed by atoms with E-state index in [2.05, 4.69) is 0 Å². The Hall–Kier alpha value is -1.46. The number of likely N-dealkylation sites (tertiary alicyclic amines) is 2. The van der Waals surface area contributed by atoms with Crippen molar-refractivity contribution in [3.63, 3.8) is 0 Å². The normalized spacial score (nSPS) is 27.9. The van der Waals surface area contributed by atoms with Crippen molar-refractivity contribution in [1.29, 1.82) is 0 Å². The van der Waals surface area contributed by atoms with Crippen LogP contribution in [0.1, 0.15) is 13.3 Å². The molecule has 2 aliphatic heterocycles. The fourth-order valence-electron chi connectivity index (χ4n) is 2.61. The molecule has 0 aliphatic carbocycles. The van der Waals surface area contributed by atoms with Gasteiger partial charge in [0.25, 0.3) is 0 Å². The summed E-state index contributed by atoms with van der Waals surface area (Å²) in [6.07, 6.45) is -1.06. The summed E-state index contributed by atoms with van der Waals surface area (Å²) in [7, 11) is 0. The van der Waals surface area contributed by atoms with Crippen molar-refractivity contribution < 1.29 is 19.8 Å². The second-order valence-electron chi connectivity index (χ2n) is 4.40. The summed E-state index contributed by atoms with van der Waals surface area (Å²) in [5.41, 5.74) is -0.128. The molecule has 2 fully saturated rings. The maximum absolute atomic E-state index is 10.9. The highest BCUT2D eigenvalue weighted by Crippen LogP contribution is 2.44. The molecule has 0 radical (unpaired) electrons. The molecule has 2 aliphatic rings. The molecular formula is C9H14N2O4. The van der Waals surface area contributed by atoms with Crippen LogP contribution in [0, 0.1) is 5.41 Å². The number of hydrogen-bond donors (Lipinski definition) is 2. The van der Waals surface area contributed by atoms with Gasteiger partial charge in [-0.25, -0.2) is 9.59 Å². The van der Waals surface area contributed by atoms with Gasteiger partial charge in [-0.2, -0.15) is 0 Å². The number of nitrogens with zero attached hydrogens (tertiary/aromatic N) is 2. The van der Waals surface area contributed by atoms with E-state index >= 15 is 0 Å². The van der Waals surface area contributed by atoms with Gasteiger partial charge in [0.2, 0.25) is 0 Å². The first-order valence-electron chi connectivity index (χ1n) is 4.94. The van der Waals surface area contributed by atoms with Crippen LogP contribution >= 0.6 is 0 Å². The smallest absolute Gasteiger partial charge is 0.407 e. The molecule has 1 unspecified atom stereocenters. The van der Waals surface area contributed by atoms with E-state index in [1.54, 1.807) is 0 Å². The molecule has 2 N–H and O–H groups in total. The predicted molar refractivity (Wildman–Crippen MR) is 50.8 cm³/mol. The molecule has 0 saturated carbocycles. The largest absolute Gasteiger partial charge is 0.465 e. The summed E-state index contributed by atoms with van der Waals surface area (Å²) in [4.78, 5) is 24.2. The van der Waals surface area contributed by atoms with Crippen LogP contribution in [0.2, 0.25) is 0 Å². The van der Waals surface area contributed by atoms with Crippen LogP contribution < -0.4 is 0 Å². The third-order valence-corrected chi connectivity index (χ3v) is 3.73. The Morgan fingerprint density at radius 3 is 2.27 bits per heavy atom. The lowest BCUT2D eigenvalue weighted by molar-refractivity contribution is -0.00737. The molecule has 0 aromatic carbocycles. The first kappa shape index (κ1) is 10.1. The van der Waals surface area contributed by atoms with Crippen molar-refractivity contribution in [1.82, 2.24) is 9.80 Å². The van der Waals surface area contributed by atoms with E-state index in [0.717, 1.165) is 6.42 Å². The molecule has 6 nitrogen and oxygen atoms in total. The predicted octanol–water partition coefficient (Wildman–Crippen LogP) is 0.739. The van der Waals surface area contributed by atoms with Crippen molar-refractivity contribution in [2.75, 3.05) is 19.6 Å². The lowest BCUT2D eigenvalue weighted by Gasteiger charge is -2.49. The zero-order valence-electron chi connectivity index (χ0n) is 8.51. The van der Waals surface area contributed by atoms with Crippen LogP contribution in [0.5, 0.6) is 0 Å². The van der Waals surface area contributed by atoms with E-state index in [0.29, 0.717) is 19.6 Å². The summed E-state index contributed by atoms with van der Waals surface area (Å²) >= 11 is 0. The Morgan fingerprint density at radius 2 is 1.87 bits per heavy atom. The van der Waals surface area contributed by atoms with Gasteiger partial charge in [0, 0.05) is 31.1 Å². The number of rotatable bonds is 0. The Labute approximate surface area is 87.1 Å². The monoisotopic (exact) mass is 214 g/mol. The Kier molecular flexibility index (Phi) is 2.02. The second-order valence-corrected chi connectivity index (χ2v) is 4.40. The molecule has 6 heteroatoms. The van der Waals surface area contributed by atoms with Crippen LogP contribution in [0.4, 0.5) is 9.59 Å². The molecule has 0 bridgehead atoms. The Morgan fingerprint density at radius 1 is 1.27 bits per heavy atom. The maximum atomic E-state index is 10.9. The fourth-order valence-corrected chi connectivity index (χ4v) is 2.61. The van der Waals surface area contributed by atoms with E-state index in [4.69, 9.17) is 10.2 Å². The number of hydrogen-bond acceptors (Lipinski definition) is 2. The molecule has 1 spiro atoms. The minimum Gasteiger partial charge on any atom is -0.465 e. The first-order chi connectivity index (χ1) is 6.96. The average Bonchev–Trinajstić information content (AvgIpc) is 2.39. The molecule has 2 rings (SSSR count). The summed E-state index contributed by atoms with van der Waals surface area (Å²) in [5.74, 6) is 0. The van der Waals surface area contributed by atoms with Crippen molar-refractivity contribution in [2.45, 2.75) is 19.4 Å². The second kappa shape index (κ2) is 3.01. The van der Waals surface area contributed by atoms with Gasteiger partial charge in [-0.05, 0) is 13.3 Å². The summed E-state index contributed by atoms with van der Waals surface area (Å²) in [5, 5.41) is 17.6. The minimum absolute atomic E-state index is 0.0781. The third kappa shape index (κ3) is 1.32. The number of amides is 2. The van der Waals surface area contributed by atoms with Gasteiger partial charge in [-0.1, -0.05) is 0 Å². The molecule has 0 aromatic rings. The van der Waals surface area contributed by atoms with Crippen LogP contribution in [-0.4, -0.2) is 57.9 Å². The summed E-state index contributed by atoms with van der Waals surface area (Å²) < 4.78 is 0. The molecule has 84 valence electrons. The highest BCUT2D eigenvalue weighted by atomic mass is 16.4. The standard InChI is InChI=1S/C9H14N2O4/c1-6-9(2-3-11(6)8(14)15)4-10(5-9)7(12)13/h6H,2-5H2,1H3,(H,12,13)(H,14,15). The van der Waals surface area contributed by atoms with E-state index in [-0.39, 0.29) is 11.5 Å². The van der Waals surface area contributed by atoms with Crippen LogP contribution in [0.15, 0.2) is 0 Å². The highest BCUT2D eigenvalue weighted by molar-refractivity contribution is 5.68. The van der Waals surface area contributed by atoms with Gasteiger partial charge in [0.15, 0.2) is 0 Å². The lowest BCUT2D eigenvalue weighted by atomic mass is 9.74. The van der Waals surface area contributed by atoms with Crippen LogP contribution in [0.25, 0.3) is 0 Å². The number of carbonyl (C=O) groups is 2. The number of carboxylic acid groups (broad SMARTS) is 2. The molecule has 2 heterocycles. The van der Waals surface area contributed by atoms with Crippen molar-refractivity contribution in [3.8, 4) is 0 Å². The molecule has 0 aromatic heterocycles. The molecule has 15 heavy (non-hydrogen) atoms. The van der Waals surface area contributed by atoms with Crippen LogP contribution in [0.3, 0.4) is 0 Å². The summed E-state index contributed by atoms with van der Waals surface area (Å²) in [6.45, 7) is 3.31. The van der Waals surface area contributed by atoms with Crippen molar-refractivity contribution in [3.05, 3.63) is 0 Å². The third-order valence-electron chi connectivity index (χ3n) is 3.73.